The van der Waals surface area contributed by atoms with Crippen molar-refractivity contribution in [3.8, 4) is 0 Å². The van der Waals surface area contributed by atoms with E-state index in [9.17, 15) is 9.59 Å². The summed E-state index contributed by atoms with van der Waals surface area (Å²) in [7, 11) is 0. The number of furan rings is 1. The lowest BCUT2D eigenvalue weighted by atomic mass is 10.00. The molecule has 0 bridgehead atoms. The Morgan fingerprint density at radius 2 is 1.70 bits per heavy atom. The van der Waals surface area contributed by atoms with E-state index in [2.05, 4.69) is 29.7 Å². The summed E-state index contributed by atoms with van der Waals surface area (Å²) in [6.07, 6.45) is 1.45. The zero-order valence-electron chi connectivity index (χ0n) is 13.9. The van der Waals surface area contributed by atoms with Crippen LogP contribution in [0.1, 0.15) is 38.4 Å². The second-order valence-corrected chi connectivity index (χ2v) is 5.73. The van der Waals surface area contributed by atoms with Gasteiger partial charge in [-0.3, -0.25) is 9.59 Å². The van der Waals surface area contributed by atoms with E-state index in [0.29, 0.717) is 17.9 Å². The minimum Gasteiger partial charge on any atom is -0.469 e. The minimum atomic E-state index is -0.311. The molecule has 23 heavy (non-hydrogen) atoms. The summed E-state index contributed by atoms with van der Waals surface area (Å²) in [5.74, 6) is 0.00165. The molecule has 0 aliphatic heterocycles. The van der Waals surface area contributed by atoms with Gasteiger partial charge < -0.3 is 15.1 Å². The summed E-state index contributed by atoms with van der Waals surface area (Å²) >= 11 is 0. The minimum absolute atomic E-state index is 0.0621. The highest BCUT2D eigenvalue weighted by molar-refractivity contribution is 5.97. The number of benzene rings is 1. The van der Waals surface area contributed by atoms with Crippen LogP contribution in [0.4, 0.5) is 0 Å². The zero-order valence-corrected chi connectivity index (χ0v) is 13.9. The van der Waals surface area contributed by atoms with Gasteiger partial charge >= 0.3 is 0 Å². The number of amides is 2. The fourth-order valence-electron chi connectivity index (χ4n) is 2.61. The van der Waals surface area contributed by atoms with Crippen molar-refractivity contribution in [3.63, 3.8) is 0 Å². The number of aryl methyl sites for hydroxylation is 4. The molecule has 1 aromatic carbocycles. The third kappa shape index (κ3) is 4.22. The van der Waals surface area contributed by atoms with Crippen LogP contribution in [0.25, 0.3) is 0 Å². The Hall–Kier alpha value is -2.56. The van der Waals surface area contributed by atoms with E-state index >= 15 is 0 Å². The maximum absolute atomic E-state index is 11.9. The number of nitrogens with one attached hydrogen (secondary N) is 2. The molecule has 5 heteroatoms. The second-order valence-electron chi connectivity index (χ2n) is 5.73. The van der Waals surface area contributed by atoms with Crippen LogP contribution in [0.15, 0.2) is 28.9 Å². The highest BCUT2D eigenvalue weighted by Gasteiger charge is 2.12. The Morgan fingerprint density at radius 3 is 2.26 bits per heavy atom. The van der Waals surface area contributed by atoms with Crippen LogP contribution in [0.3, 0.4) is 0 Å². The third-order valence-electron chi connectivity index (χ3n) is 3.82. The summed E-state index contributed by atoms with van der Waals surface area (Å²) < 4.78 is 5.07. The van der Waals surface area contributed by atoms with Gasteiger partial charge in [0.25, 0.3) is 5.91 Å². The highest BCUT2D eigenvalue weighted by atomic mass is 16.3. The monoisotopic (exact) mass is 314 g/mol. The summed E-state index contributed by atoms with van der Waals surface area (Å²) in [6, 6.07) is 5.78. The van der Waals surface area contributed by atoms with E-state index in [0.717, 1.165) is 16.7 Å². The standard InChI is InChI=1S/C18H22N2O3/c1-11-7-12(2)16(13(3)8-11)9-19-17(21)10-20-18(22)15-5-6-23-14(15)4/h5-8H,9-10H2,1-4H3,(H,19,21)(H,20,22). The largest absolute Gasteiger partial charge is 0.469 e. The number of hydrogen-bond acceptors (Lipinski definition) is 3. The normalized spacial score (nSPS) is 10.4. The predicted octanol–water partition coefficient (Wildman–Crippen LogP) is 2.56. The smallest absolute Gasteiger partial charge is 0.255 e. The summed E-state index contributed by atoms with van der Waals surface area (Å²) in [5, 5.41) is 5.43. The van der Waals surface area contributed by atoms with Gasteiger partial charge in [-0.25, -0.2) is 0 Å². The number of hydrogen-bond donors (Lipinski definition) is 2. The molecule has 0 atom stereocenters. The Kier molecular flexibility index (Phi) is 5.21. The van der Waals surface area contributed by atoms with E-state index < -0.39 is 0 Å². The molecule has 1 heterocycles. The second kappa shape index (κ2) is 7.13. The van der Waals surface area contributed by atoms with Crippen molar-refractivity contribution in [3.05, 3.63) is 58.0 Å². The first-order valence-corrected chi connectivity index (χ1v) is 7.54. The van der Waals surface area contributed by atoms with E-state index in [1.165, 1.54) is 11.8 Å². The molecule has 0 aliphatic rings. The quantitative estimate of drug-likeness (QED) is 0.891. The topological polar surface area (TPSA) is 71.3 Å². The van der Waals surface area contributed by atoms with Crippen molar-refractivity contribution < 1.29 is 14.0 Å². The number of carbonyl (C=O) groups is 2. The summed E-state index contributed by atoms with van der Waals surface area (Å²) in [6.45, 7) is 8.22. The molecule has 5 nitrogen and oxygen atoms in total. The van der Waals surface area contributed by atoms with Crippen molar-refractivity contribution in [2.75, 3.05) is 6.54 Å². The zero-order chi connectivity index (χ0) is 17.0. The van der Waals surface area contributed by atoms with Gasteiger partial charge in [-0.15, -0.1) is 0 Å². The van der Waals surface area contributed by atoms with Crippen LogP contribution in [0, 0.1) is 27.7 Å². The maximum Gasteiger partial charge on any atom is 0.255 e. The molecule has 2 N–H and O–H groups in total. The summed E-state index contributed by atoms with van der Waals surface area (Å²) in [4.78, 5) is 23.8. The van der Waals surface area contributed by atoms with Crippen LogP contribution >= 0.6 is 0 Å². The molecule has 0 unspecified atom stereocenters. The summed E-state index contributed by atoms with van der Waals surface area (Å²) in [5.41, 5.74) is 5.07. The first-order valence-electron chi connectivity index (χ1n) is 7.54. The van der Waals surface area contributed by atoms with Gasteiger partial charge in [-0.2, -0.15) is 0 Å². The van der Waals surface area contributed by atoms with Gasteiger partial charge in [-0.1, -0.05) is 17.7 Å². The van der Waals surface area contributed by atoms with Crippen molar-refractivity contribution in [1.29, 1.82) is 0 Å². The SMILES string of the molecule is Cc1cc(C)c(CNC(=O)CNC(=O)c2ccoc2C)c(C)c1. The van der Waals surface area contributed by atoms with Crippen molar-refractivity contribution in [1.82, 2.24) is 10.6 Å². The lowest BCUT2D eigenvalue weighted by Crippen LogP contribution is -2.36. The molecule has 0 spiro atoms. The maximum atomic E-state index is 11.9. The Labute approximate surface area is 136 Å². The molecule has 0 saturated heterocycles. The van der Waals surface area contributed by atoms with Crippen molar-refractivity contribution in [2.45, 2.75) is 34.2 Å². The van der Waals surface area contributed by atoms with Crippen LogP contribution < -0.4 is 10.6 Å². The number of carbonyl (C=O) groups excluding carboxylic acids is 2. The Morgan fingerprint density at radius 1 is 1.04 bits per heavy atom. The molecule has 0 saturated carbocycles. The lowest BCUT2D eigenvalue weighted by Gasteiger charge is -2.12. The van der Waals surface area contributed by atoms with Crippen molar-refractivity contribution in [2.24, 2.45) is 0 Å². The Balaban J connectivity index is 1.87. The number of rotatable bonds is 5. The van der Waals surface area contributed by atoms with E-state index in [1.54, 1.807) is 13.0 Å². The molecule has 0 radical (unpaired) electrons. The van der Waals surface area contributed by atoms with Gasteiger partial charge in [0.1, 0.15) is 5.76 Å². The van der Waals surface area contributed by atoms with E-state index in [-0.39, 0.29) is 18.4 Å². The Bertz CT molecular complexity index is 709. The van der Waals surface area contributed by atoms with E-state index in [4.69, 9.17) is 4.42 Å². The van der Waals surface area contributed by atoms with Crippen LogP contribution in [-0.2, 0) is 11.3 Å². The van der Waals surface area contributed by atoms with Crippen LogP contribution in [0.5, 0.6) is 0 Å². The van der Waals surface area contributed by atoms with Gasteiger partial charge in [0.05, 0.1) is 18.4 Å². The van der Waals surface area contributed by atoms with Gasteiger partial charge in [0.2, 0.25) is 5.91 Å². The fourth-order valence-corrected chi connectivity index (χ4v) is 2.61. The molecule has 0 aliphatic carbocycles. The molecule has 1 aromatic heterocycles. The molecule has 0 fully saturated rings. The highest BCUT2D eigenvalue weighted by Crippen LogP contribution is 2.15. The molecule has 2 rings (SSSR count). The molecule has 2 amide bonds. The van der Waals surface area contributed by atoms with Gasteiger partial charge in [-0.05, 0) is 50.5 Å². The average Bonchev–Trinajstić information content (AvgIpc) is 2.89. The predicted molar refractivity (Wildman–Crippen MR) is 88.3 cm³/mol. The third-order valence-corrected chi connectivity index (χ3v) is 3.82. The average molecular weight is 314 g/mol. The van der Waals surface area contributed by atoms with Crippen molar-refractivity contribution >= 4 is 11.8 Å². The van der Waals surface area contributed by atoms with E-state index in [1.807, 2.05) is 13.8 Å². The van der Waals surface area contributed by atoms with Gasteiger partial charge in [0.15, 0.2) is 0 Å². The first-order chi connectivity index (χ1) is 10.9. The fraction of sp³-hybridized carbons (Fsp3) is 0.333. The lowest BCUT2D eigenvalue weighted by molar-refractivity contribution is -0.120. The molecular weight excluding hydrogens is 292 g/mol. The van der Waals surface area contributed by atoms with Crippen LogP contribution in [-0.4, -0.2) is 18.4 Å². The molecular formula is C18H22N2O3. The first kappa shape index (κ1) is 16.8. The molecule has 122 valence electrons. The van der Waals surface area contributed by atoms with Crippen LogP contribution in [0.2, 0.25) is 0 Å². The van der Waals surface area contributed by atoms with Gasteiger partial charge in [0, 0.05) is 6.54 Å². The molecule has 2 aromatic rings.